The molecule has 0 unspecified atom stereocenters. The van der Waals surface area contributed by atoms with Crippen LogP contribution >= 0.6 is 0 Å². The molecule has 0 atom stereocenters. The molecule has 0 aliphatic carbocycles. The average molecular weight is 317 g/mol. The van der Waals surface area contributed by atoms with Gasteiger partial charge >= 0.3 is 0 Å². The van der Waals surface area contributed by atoms with Crippen LogP contribution in [0, 0.1) is 18.3 Å². The van der Waals surface area contributed by atoms with Gasteiger partial charge in [-0.05, 0) is 25.1 Å². The van der Waals surface area contributed by atoms with Crippen molar-refractivity contribution >= 4 is 16.6 Å². The summed E-state index contributed by atoms with van der Waals surface area (Å²) in [5.41, 5.74) is 8.39. The van der Waals surface area contributed by atoms with Crippen molar-refractivity contribution in [3.63, 3.8) is 0 Å². The zero-order valence-electron chi connectivity index (χ0n) is 13.1. The number of hydrogen-bond acceptors (Lipinski definition) is 5. The third-order valence-corrected chi connectivity index (χ3v) is 4.01. The standard InChI is InChI=1S/C18H15N5O/c1-12-16(22-23-7-8-24-11-23)5-6-17(21-12)15-10-20-18-13(9-19)3-2-4-14(15)18/h2-8,10,20,22H,11H2,1H3. The number of aromatic amines is 1. The lowest BCUT2D eigenvalue weighted by atomic mass is 10.1. The Morgan fingerprint density at radius 3 is 3.00 bits per heavy atom. The molecule has 0 fully saturated rings. The topological polar surface area (TPSA) is 77.0 Å². The Hall–Kier alpha value is -3.46. The zero-order valence-corrected chi connectivity index (χ0v) is 13.1. The Morgan fingerprint density at radius 2 is 2.25 bits per heavy atom. The third kappa shape index (κ3) is 2.32. The largest absolute Gasteiger partial charge is 0.477 e. The van der Waals surface area contributed by atoms with Gasteiger partial charge in [-0.1, -0.05) is 12.1 Å². The van der Waals surface area contributed by atoms with Crippen LogP contribution < -0.4 is 5.43 Å². The first kappa shape index (κ1) is 14.2. The molecule has 3 aromatic rings. The molecule has 6 heteroatoms. The maximum absolute atomic E-state index is 9.22. The number of aryl methyl sites for hydroxylation is 1. The summed E-state index contributed by atoms with van der Waals surface area (Å²) < 4.78 is 5.15. The lowest BCUT2D eigenvalue weighted by Gasteiger charge is -2.18. The van der Waals surface area contributed by atoms with Gasteiger partial charge in [0.1, 0.15) is 12.3 Å². The van der Waals surface area contributed by atoms with Crippen LogP contribution in [-0.2, 0) is 4.74 Å². The summed E-state index contributed by atoms with van der Waals surface area (Å²) in [7, 11) is 0. The SMILES string of the molecule is Cc1nc(-c2c[nH]c3c(C#N)cccc23)ccc1NN1C=COC1. The van der Waals surface area contributed by atoms with Gasteiger partial charge in [-0.3, -0.25) is 15.4 Å². The number of para-hydroxylation sites is 1. The maximum Gasteiger partial charge on any atom is 0.178 e. The Balaban J connectivity index is 1.71. The van der Waals surface area contributed by atoms with Crippen molar-refractivity contribution < 1.29 is 4.74 Å². The molecule has 6 nitrogen and oxygen atoms in total. The highest BCUT2D eigenvalue weighted by molar-refractivity contribution is 5.97. The van der Waals surface area contributed by atoms with E-state index in [1.165, 1.54) is 0 Å². The van der Waals surface area contributed by atoms with Crippen LogP contribution in [0.4, 0.5) is 5.69 Å². The number of ether oxygens (including phenoxy) is 1. The monoisotopic (exact) mass is 317 g/mol. The lowest BCUT2D eigenvalue weighted by molar-refractivity contribution is 0.190. The van der Waals surface area contributed by atoms with Gasteiger partial charge in [-0.15, -0.1) is 0 Å². The normalized spacial score (nSPS) is 13.1. The van der Waals surface area contributed by atoms with Crippen molar-refractivity contribution in [2.45, 2.75) is 6.92 Å². The molecule has 1 aliphatic rings. The van der Waals surface area contributed by atoms with Crippen LogP contribution in [0.2, 0.25) is 0 Å². The first-order chi connectivity index (χ1) is 11.8. The second kappa shape index (κ2) is 5.63. The van der Waals surface area contributed by atoms with Gasteiger partial charge in [0, 0.05) is 17.1 Å². The molecule has 0 spiro atoms. The average Bonchev–Trinajstić information content (AvgIpc) is 3.26. The van der Waals surface area contributed by atoms with Crippen LogP contribution in [0.15, 0.2) is 49.0 Å². The first-order valence-corrected chi connectivity index (χ1v) is 7.56. The van der Waals surface area contributed by atoms with E-state index in [9.17, 15) is 5.26 Å². The van der Waals surface area contributed by atoms with Crippen LogP contribution in [0.1, 0.15) is 11.3 Å². The quantitative estimate of drug-likeness (QED) is 0.773. The van der Waals surface area contributed by atoms with E-state index in [0.717, 1.165) is 33.5 Å². The number of fused-ring (bicyclic) bond motifs is 1. The summed E-state index contributed by atoms with van der Waals surface area (Å²) in [5, 5.41) is 12.1. The second-order valence-electron chi connectivity index (χ2n) is 5.53. The lowest BCUT2D eigenvalue weighted by Crippen LogP contribution is -2.23. The highest BCUT2D eigenvalue weighted by atomic mass is 16.5. The van der Waals surface area contributed by atoms with E-state index in [1.807, 2.05) is 48.6 Å². The molecule has 118 valence electrons. The van der Waals surface area contributed by atoms with Crippen molar-refractivity contribution in [2.24, 2.45) is 0 Å². The number of H-pyrrole nitrogens is 1. The van der Waals surface area contributed by atoms with Crippen LogP contribution in [-0.4, -0.2) is 21.7 Å². The number of benzene rings is 1. The van der Waals surface area contributed by atoms with E-state index in [0.29, 0.717) is 12.3 Å². The highest BCUT2D eigenvalue weighted by Crippen LogP contribution is 2.30. The molecular formula is C18H15N5O. The van der Waals surface area contributed by atoms with Crippen molar-refractivity contribution in [1.29, 1.82) is 5.26 Å². The molecule has 3 heterocycles. The van der Waals surface area contributed by atoms with Crippen LogP contribution in [0.5, 0.6) is 0 Å². The van der Waals surface area contributed by atoms with Crippen molar-refractivity contribution in [2.75, 3.05) is 12.2 Å². The van der Waals surface area contributed by atoms with E-state index in [1.54, 1.807) is 12.3 Å². The Labute approximate surface area is 139 Å². The minimum Gasteiger partial charge on any atom is -0.477 e. The van der Waals surface area contributed by atoms with Crippen molar-refractivity contribution in [1.82, 2.24) is 15.0 Å². The molecule has 4 rings (SSSR count). The van der Waals surface area contributed by atoms with E-state index in [-0.39, 0.29) is 0 Å². The Kier molecular flexibility index (Phi) is 3.32. The summed E-state index contributed by atoms with van der Waals surface area (Å²) in [6, 6.07) is 11.9. The van der Waals surface area contributed by atoms with Gasteiger partial charge in [-0.2, -0.15) is 5.26 Å². The molecule has 2 N–H and O–H groups in total. The predicted octanol–water partition coefficient (Wildman–Crippen LogP) is 3.50. The Morgan fingerprint density at radius 1 is 1.33 bits per heavy atom. The Bertz CT molecular complexity index is 983. The fraction of sp³-hybridized carbons (Fsp3) is 0.111. The number of nitrogens with one attached hydrogen (secondary N) is 2. The first-order valence-electron chi connectivity index (χ1n) is 7.56. The smallest absolute Gasteiger partial charge is 0.178 e. The van der Waals surface area contributed by atoms with E-state index < -0.39 is 0 Å². The zero-order chi connectivity index (χ0) is 16.5. The minimum absolute atomic E-state index is 0.473. The second-order valence-corrected chi connectivity index (χ2v) is 5.53. The molecule has 0 radical (unpaired) electrons. The van der Waals surface area contributed by atoms with Gasteiger partial charge in [0.25, 0.3) is 0 Å². The summed E-state index contributed by atoms with van der Waals surface area (Å²) in [4.78, 5) is 7.89. The van der Waals surface area contributed by atoms with E-state index >= 15 is 0 Å². The minimum atomic E-state index is 0.473. The van der Waals surface area contributed by atoms with E-state index in [4.69, 9.17) is 9.72 Å². The summed E-state index contributed by atoms with van der Waals surface area (Å²) in [6.07, 6.45) is 5.37. The van der Waals surface area contributed by atoms with Gasteiger partial charge < -0.3 is 9.72 Å². The van der Waals surface area contributed by atoms with Gasteiger partial charge in [0.2, 0.25) is 0 Å². The molecule has 2 aromatic heterocycles. The molecule has 1 aromatic carbocycles. The van der Waals surface area contributed by atoms with E-state index in [2.05, 4.69) is 16.5 Å². The number of aromatic nitrogens is 2. The number of rotatable bonds is 3. The van der Waals surface area contributed by atoms with Crippen molar-refractivity contribution in [3.05, 3.63) is 60.2 Å². The van der Waals surface area contributed by atoms with Gasteiger partial charge in [0.15, 0.2) is 6.73 Å². The third-order valence-electron chi connectivity index (χ3n) is 4.01. The molecular weight excluding hydrogens is 302 g/mol. The highest BCUT2D eigenvalue weighted by Gasteiger charge is 2.12. The summed E-state index contributed by atoms with van der Waals surface area (Å²) >= 11 is 0. The maximum atomic E-state index is 9.22. The van der Waals surface area contributed by atoms with Gasteiger partial charge in [0.05, 0.1) is 34.4 Å². The fourth-order valence-corrected chi connectivity index (χ4v) is 2.80. The molecule has 24 heavy (non-hydrogen) atoms. The number of pyridine rings is 1. The molecule has 0 amide bonds. The number of nitriles is 1. The fourth-order valence-electron chi connectivity index (χ4n) is 2.80. The molecule has 0 bridgehead atoms. The number of hydrazine groups is 1. The molecule has 0 saturated carbocycles. The predicted molar refractivity (Wildman–Crippen MR) is 91.5 cm³/mol. The van der Waals surface area contributed by atoms with Crippen LogP contribution in [0.25, 0.3) is 22.2 Å². The van der Waals surface area contributed by atoms with Gasteiger partial charge in [-0.25, -0.2) is 0 Å². The number of nitrogens with zero attached hydrogens (tertiary/aromatic N) is 3. The van der Waals surface area contributed by atoms with Crippen molar-refractivity contribution in [3.8, 4) is 17.3 Å². The number of anilines is 1. The number of hydrogen-bond donors (Lipinski definition) is 2. The molecule has 0 saturated heterocycles. The summed E-state index contributed by atoms with van der Waals surface area (Å²) in [6.45, 7) is 2.43. The molecule has 1 aliphatic heterocycles. The summed E-state index contributed by atoms with van der Waals surface area (Å²) in [5.74, 6) is 0. The van der Waals surface area contributed by atoms with Crippen LogP contribution in [0.3, 0.4) is 0 Å².